The fourth-order valence-electron chi connectivity index (χ4n) is 12.4. The Bertz CT molecular complexity index is 3350. The number of unbranched alkanes of at least 4 members (excludes halogenated alkanes) is 2. The molecule has 22 N–H and O–H groups in total. The number of hydrogen-bond donors (Lipinski definition) is 17. The van der Waals surface area contributed by atoms with Crippen LogP contribution in [-0.2, 0) is 87.9 Å². The summed E-state index contributed by atoms with van der Waals surface area (Å²) in [5.74, 6) is -15.7. The summed E-state index contributed by atoms with van der Waals surface area (Å²) in [5.41, 5.74) is 28.6. The Labute approximate surface area is 647 Å². The van der Waals surface area contributed by atoms with Crippen molar-refractivity contribution in [3.8, 4) is 0 Å². The van der Waals surface area contributed by atoms with Gasteiger partial charge in [-0.1, -0.05) is 85.5 Å². The molecule has 612 valence electrons. The topological polar surface area (TPSA) is 592 Å². The average molecular weight is 1580 g/mol. The van der Waals surface area contributed by atoms with Gasteiger partial charge in [0.1, 0.15) is 30.2 Å². The highest BCUT2D eigenvalue weighted by molar-refractivity contribution is 8.76. The number of primary amides is 1. The summed E-state index contributed by atoms with van der Waals surface area (Å²) in [4.78, 5) is 237. The predicted octanol–water partition coefficient (Wildman–Crippen LogP) is -4.77. The zero-order chi connectivity index (χ0) is 81.2. The van der Waals surface area contributed by atoms with Crippen LogP contribution < -0.4 is 87.2 Å². The van der Waals surface area contributed by atoms with Gasteiger partial charge < -0.3 is 102 Å². The second kappa shape index (κ2) is 50.5. The molecule has 14 amide bonds. The second-order valence-electron chi connectivity index (χ2n) is 27.7. The van der Waals surface area contributed by atoms with Crippen LogP contribution in [0.15, 0.2) is 35.3 Å². The summed E-state index contributed by atoms with van der Waals surface area (Å²) in [5, 5.41) is 38.2. The van der Waals surface area contributed by atoms with Crippen molar-refractivity contribution in [2.45, 2.75) is 198 Å². The van der Waals surface area contributed by atoms with Gasteiger partial charge in [0.15, 0.2) is 23.3 Å². The highest BCUT2D eigenvalue weighted by Crippen LogP contribution is 2.30. The molecule has 1 aromatic carbocycles. The van der Waals surface area contributed by atoms with E-state index in [9.17, 15) is 86.6 Å². The number of amides is 14. The van der Waals surface area contributed by atoms with Crippen molar-refractivity contribution in [1.29, 1.82) is 0 Å². The molecule has 0 aliphatic carbocycles. The van der Waals surface area contributed by atoms with E-state index >= 15 is 0 Å². The van der Waals surface area contributed by atoms with E-state index in [1.54, 1.807) is 13.8 Å². The first-order chi connectivity index (χ1) is 52.5. The summed E-state index contributed by atoms with van der Waals surface area (Å²) in [6, 6.07) is -0.0486. The van der Waals surface area contributed by atoms with Crippen molar-refractivity contribution in [2.24, 2.45) is 51.4 Å². The minimum atomic E-state index is -1.55. The van der Waals surface area contributed by atoms with Gasteiger partial charge in [0.25, 0.3) is 0 Å². The van der Waals surface area contributed by atoms with Crippen molar-refractivity contribution in [1.82, 2.24) is 68.3 Å². The van der Waals surface area contributed by atoms with Crippen LogP contribution in [-0.4, -0.2) is 253 Å². The molecule has 110 heavy (non-hydrogen) atoms. The number of aryl methyl sites for hydroxylation is 1. The minimum absolute atomic E-state index is 0.00280. The number of carbonyl (C=O) groups is 17. The first kappa shape index (κ1) is 93.0. The third kappa shape index (κ3) is 34.3. The van der Waals surface area contributed by atoms with Crippen LogP contribution in [0.5, 0.6) is 0 Å². The maximum Gasteiger partial charge on any atom is 0.245 e. The van der Waals surface area contributed by atoms with E-state index in [1.807, 2.05) is 37.3 Å². The molecular weight excluding hydrogens is 1470 g/mol. The van der Waals surface area contributed by atoms with E-state index in [2.05, 4.69) is 63.5 Å². The van der Waals surface area contributed by atoms with E-state index < -0.39 is 213 Å². The summed E-state index contributed by atoms with van der Waals surface area (Å²) < 4.78 is 0. The molecule has 0 saturated carbocycles. The molecule has 10 atom stereocenters. The molecule has 3 aliphatic rings. The van der Waals surface area contributed by atoms with Crippen LogP contribution in [0.1, 0.15) is 148 Å². The number of likely N-dealkylation sites (tertiary alicyclic amines) is 2. The molecule has 0 bridgehead atoms. The highest BCUT2D eigenvalue weighted by atomic mass is 33.1. The maximum atomic E-state index is 14.8. The van der Waals surface area contributed by atoms with Crippen LogP contribution in [0, 0.1) is 17.8 Å². The number of aliphatic hydroxyl groups is 1. The number of nitrogens with zero attached hydrogens (tertiary/aromatic N) is 3. The lowest BCUT2D eigenvalue weighted by Crippen LogP contribution is -2.57. The van der Waals surface area contributed by atoms with Crippen molar-refractivity contribution in [2.75, 3.05) is 83.6 Å². The summed E-state index contributed by atoms with van der Waals surface area (Å²) in [7, 11) is 2.06. The summed E-state index contributed by atoms with van der Waals surface area (Å²) >= 11 is 0. The Hall–Kier alpha value is -9.34. The molecule has 3 fully saturated rings. The Morgan fingerprint density at radius 2 is 1.19 bits per heavy atom. The van der Waals surface area contributed by atoms with Crippen LogP contribution in [0.25, 0.3) is 0 Å². The van der Waals surface area contributed by atoms with E-state index in [4.69, 9.17) is 28.7 Å². The number of guanidine groups is 1. The van der Waals surface area contributed by atoms with Gasteiger partial charge in [-0.2, -0.15) is 0 Å². The number of nitrogens with one attached hydrogen (secondary N) is 11. The lowest BCUT2D eigenvalue weighted by molar-refractivity contribution is -0.142. The fourth-order valence-corrected chi connectivity index (χ4v) is 14.9. The van der Waals surface area contributed by atoms with E-state index in [0.717, 1.165) is 33.6 Å². The van der Waals surface area contributed by atoms with Crippen molar-refractivity contribution >= 4 is 128 Å². The number of aliphatic imine (C=N–C) groups is 1. The number of nitrogens with two attached hydrogens (primary N) is 5. The van der Waals surface area contributed by atoms with E-state index in [0.29, 0.717) is 57.8 Å². The lowest BCUT2D eigenvalue weighted by atomic mass is 9.92. The number of hydrogen-bond acceptors (Lipinski definition) is 23. The first-order valence-corrected chi connectivity index (χ1v) is 39.9. The second-order valence-corrected chi connectivity index (χ2v) is 30.2. The average Bonchev–Trinajstić information content (AvgIpc) is 1.58. The molecule has 4 rings (SSSR count). The third-order valence-electron chi connectivity index (χ3n) is 18.4. The van der Waals surface area contributed by atoms with Crippen molar-refractivity contribution in [3.05, 3.63) is 35.9 Å². The lowest BCUT2D eigenvalue weighted by Gasteiger charge is -2.31. The molecule has 1 aromatic rings. The zero-order valence-corrected chi connectivity index (χ0v) is 64.6. The number of carbonyl (C=O) groups excluding carboxylic acids is 17. The Balaban J connectivity index is 1.51. The van der Waals surface area contributed by atoms with Gasteiger partial charge in [0.05, 0.1) is 75.8 Å². The quantitative estimate of drug-likeness (QED) is 0.0126. The van der Waals surface area contributed by atoms with E-state index in [-0.39, 0.29) is 107 Å². The fraction of sp³-hybridized carbons (Fsp3) is 0.662. The largest absolute Gasteiger partial charge is 0.396 e. The van der Waals surface area contributed by atoms with Gasteiger partial charge in [0, 0.05) is 56.8 Å². The maximum absolute atomic E-state index is 14.8. The van der Waals surface area contributed by atoms with Crippen LogP contribution >= 0.6 is 21.6 Å². The van der Waals surface area contributed by atoms with Gasteiger partial charge in [-0.05, 0) is 108 Å². The van der Waals surface area contributed by atoms with Gasteiger partial charge in [-0.3, -0.25) is 86.5 Å². The molecule has 0 radical (unpaired) electrons. The molecule has 3 heterocycles. The highest BCUT2D eigenvalue weighted by Gasteiger charge is 2.42. The van der Waals surface area contributed by atoms with Crippen LogP contribution in [0.3, 0.4) is 0 Å². The molecular formula is C71H113N19O18S2. The SMILES string of the molecule is CCCC[C@H](NC(=O)[C@H]1CCCN1C(=O)CNC(=O)[C@@H](CCCCN)NC(=O)[C@H]1CSSC[C@@H](CC(=O)[C@H]2CCCN2C(=O)[C@@H](CCCN=C(N)N)NC(=O)[C@@H](CCC(N)=O)NC(=O)CNC(=O)CNC(=O)CNC(=O)CNC(=O)CN)C(=O)N[C@@H](CC(C)C)C(=O)C[C@@H](CO)C(=O)N1)C(=O)CCCc1ccccc1. The van der Waals surface area contributed by atoms with Crippen LogP contribution in [0.2, 0.25) is 0 Å². The number of Topliss-reactive ketones (excluding diaryl/α,β-unsaturated/α-hetero) is 3. The Kier molecular flexibility index (Phi) is 42.7. The van der Waals surface area contributed by atoms with Gasteiger partial charge in [-0.25, -0.2) is 0 Å². The summed E-state index contributed by atoms with van der Waals surface area (Å²) in [6.45, 7) is 1.76. The number of ketones is 3. The number of benzene rings is 1. The molecule has 0 unspecified atom stereocenters. The van der Waals surface area contributed by atoms with Gasteiger partial charge >= 0.3 is 0 Å². The molecule has 3 aliphatic heterocycles. The van der Waals surface area contributed by atoms with E-state index in [1.165, 1.54) is 9.80 Å². The minimum Gasteiger partial charge on any atom is -0.396 e. The van der Waals surface area contributed by atoms with Gasteiger partial charge in [-0.15, -0.1) is 0 Å². The molecule has 37 nitrogen and oxygen atoms in total. The van der Waals surface area contributed by atoms with Gasteiger partial charge in [0.2, 0.25) is 82.7 Å². The normalized spacial score (nSPS) is 19.3. The molecule has 0 spiro atoms. The predicted molar refractivity (Wildman–Crippen MR) is 408 cm³/mol. The molecule has 39 heteroatoms. The molecule has 0 aromatic heterocycles. The first-order valence-electron chi connectivity index (χ1n) is 37.5. The number of aliphatic hydroxyl groups excluding tert-OH is 1. The van der Waals surface area contributed by atoms with Crippen LogP contribution in [0.4, 0.5) is 0 Å². The Morgan fingerprint density at radius 3 is 1.81 bits per heavy atom. The zero-order valence-electron chi connectivity index (χ0n) is 63.0. The third-order valence-corrected chi connectivity index (χ3v) is 20.9. The standard InChI is InChI=1S/C71H113N19O18S2/c1-4-5-18-46(54(92)23-11-17-43-15-7-6-8-16-43)84-69(107)53-22-14-28-89(53)63(101)38-82-66(104)47(19-9-10-26-72)85-68(106)51-41-110-109-40-45(65(103)87-50(30-42(2)3)55(93)31-44(39-91)64(102)88-51)32-56(94)52-21-13-29-90(52)70(108)49(20-12-27-77-71(75)76)86-67(105)48(24-25-57(74)95)83-62(100)37-81-61(99)36-80-60(98)35-79-59(97)34-78-58(96)33-73/h6-8,15-16,42,44-53,91H,4-5,9-14,17-41,72-73H2,1-3H3,(H2,74,95)(H,78,96)(H,79,97)(H,80,98)(H,81,99)(H,82,104)(H,83,100)(H,84,107)(H,85,106)(H,86,105)(H,87,103)(H,88,102)(H4,75,76,77)/t44-,45+,46-,47+,48+,49+,50-,51+,52+,53+/m0/s1. The van der Waals surface area contributed by atoms with Crippen molar-refractivity contribution in [3.63, 3.8) is 0 Å². The summed E-state index contributed by atoms with van der Waals surface area (Å²) in [6.07, 6.45) is 3.53. The Morgan fingerprint density at radius 1 is 0.600 bits per heavy atom. The van der Waals surface area contributed by atoms with Crippen molar-refractivity contribution < 1.29 is 86.6 Å². The smallest absolute Gasteiger partial charge is 0.245 e. The number of rotatable bonds is 45. The monoisotopic (exact) mass is 1580 g/mol. The molecule has 3 saturated heterocycles.